The maximum absolute atomic E-state index is 12.5. The number of anilines is 1. The Kier molecular flexibility index (Phi) is 6.89. The number of carbonyl (C=O) groups excluding carboxylic acids is 2. The SMILES string of the molecule is CC(C)NS(=O)(=O)Cc1ccccc1CNC(=O)c1ccc(N2CCCC2=O)cc1. The highest BCUT2D eigenvalue weighted by Crippen LogP contribution is 2.21. The summed E-state index contributed by atoms with van der Waals surface area (Å²) in [5.74, 6) is -0.298. The van der Waals surface area contributed by atoms with Gasteiger partial charge in [-0.25, -0.2) is 13.1 Å². The second-order valence-electron chi connectivity index (χ2n) is 7.68. The first-order valence-electron chi connectivity index (χ1n) is 10.0. The number of hydrogen-bond donors (Lipinski definition) is 2. The van der Waals surface area contributed by atoms with Gasteiger partial charge in [0.15, 0.2) is 0 Å². The van der Waals surface area contributed by atoms with Crippen molar-refractivity contribution in [2.24, 2.45) is 0 Å². The fourth-order valence-corrected chi connectivity index (χ4v) is 4.96. The number of sulfonamides is 1. The molecule has 1 heterocycles. The van der Waals surface area contributed by atoms with Crippen LogP contribution >= 0.6 is 0 Å². The van der Waals surface area contributed by atoms with E-state index in [1.807, 2.05) is 12.1 Å². The van der Waals surface area contributed by atoms with Crippen molar-refractivity contribution >= 4 is 27.5 Å². The summed E-state index contributed by atoms with van der Waals surface area (Å²) >= 11 is 0. The van der Waals surface area contributed by atoms with Crippen molar-refractivity contribution in [3.63, 3.8) is 0 Å². The van der Waals surface area contributed by atoms with E-state index in [4.69, 9.17) is 0 Å². The Balaban J connectivity index is 1.64. The van der Waals surface area contributed by atoms with E-state index in [0.29, 0.717) is 24.1 Å². The van der Waals surface area contributed by atoms with Crippen LogP contribution in [0.4, 0.5) is 5.69 Å². The molecule has 7 nitrogen and oxygen atoms in total. The smallest absolute Gasteiger partial charge is 0.251 e. The molecular weight excluding hydrogens is 402 g/mol. The van der Waals surface area contributed by atoms with Crippen molar-refractivity contribution in [3.8, 4) is 0 Å². The van der Waals surface area contributed by atoms with E-state index in [-0.39, 0.29) is 30.2 Å². The van der Waals surface area contributed by atoms with Gasteiger partial charge in [-0.1, -0.05) is 24.3 Å². The van der Waals surface area contributed by atoms with Gasteiger partial charge in [0.1, 0.15) is 0 Å². The number of nitrogens with one attached hydrogen (secondary N) is 2. The lowest BCUT2D eigenvalue weighted by Gasteiger charge is -2.16. The zero-order valence-electron chi connectivity index (χ0n) is 17.2. The molecule has 0 spiro atoms. The zero-order valence-corrected chi connectivity index (χ0v) is 18.0. The molecule has 1 aliphatic heterocycles. The van der Waals surface area contributed by atoms with Gasteiger partial charge in [-0.05, 0) is 55.7 Å². The maximum Gasteiger partial charge on any atom is 0.251 e. The molecule has 0 bridgehead atoms. The van der Waals surface area contributed by atoms with Gasteiger partial charge in [-0.15, -0.1) is 0 Å². The van der Waals surface area contributed by atoms with Crippen molar-refractivity contribution in [1.82, 2.24) is 10.0 Å². The minimum Gasteiger partial charge on any atom is -0.348 e. The Morgan fingerprint density at radius 2 is 1.73 bits per heavy atom. The normalized spacial score (nSPS) is 14.4. The zero-order chi connectivity index (χ0) is 21.7. The first kappa shape index (κ1) is 22.0. The van der Waals surface area contributed by atoms with Crippen LogP contribution in [-0.4, -0.2) is 32.8 Å². The van der Waals surface area contributed by atoms with Gasteiger partial charge >= 0.3 is 0 Å². The monoisotopic (exact) mass is 429 g/mol. The van der Waals surface area contributed by atoms with Gasteiger partial charge < -0.3 is 10.2 Å². The molecule has 0 aromatic heterocycles. The summed E-state index contributed by atoms with van der Waals surface area (Å²) in [6.07, 6.45) is 1.41. The fraction of sp³-hybridized carbons (Fsp3) is 0.364. The molecule has 0 atom stereocenters. The largest absolute Gasteiger partial charge is 0.348 e. The minimum absolute atomic E-state index is 0.103. The second kappa shape index (κ2) is 9.40. The molecule has 0 saturated carbocycles. The van der Waals surface area contributed by atoms with Crippen LogP contribution < -0.4 is 14.9 Å². The molecule has 1 saturated heterocycles. The minimum atomic E-state index is -3.46. The number of hydrogen-bond acceptors (Lipinski definition) is 4. The summed E-state index contributed by atoms with van der Waals surface area (Å²) in [5, 5.41) is 2.85. The highest BCUT2D eigenvalue weighted by molar-refractivity contribution is 7.88. The average Bonchev–Trinajstić information content (AvgIpc) is 3.12. The highest BCUT2D eigenvalue weighted by Gasteiger charge is 2.21. The van der Waals surface area contributed by atoms with Crippen molar-refractivity contribution in [1.29, 1.82) is 0 Å². The molecule has 0 unspecified atom stereocenters. The van der Waals surface area contributed by atoms with Crippen molar-refractivity contribution in [3.05, 3.63) is 65.2 Å². The number of amides is 2. The van der Waals surface area contributed by atoms with Crippen LogP contribution in [0.5, 0.6) is 0 Å². The summed E-state index contributed by atoms with van der Waals surface area (Å²) in [6.45, 7) is 4.47. The third-order valence-corrected chi connectivity index (χ3v) is 6.35. The molecule has 2 aromatic rings. The van der Waals surface area contributed by atoms with E-state index in [2.05, 4.69) is 10.0 Å². The number of rotatable bonds is 8. The molecular formula is C22H27N3O4S. The van der Waals surface area contributed by atoms with Crippen LogP contribution in [0.1, 0.15) is 48.2 Å². The number of carbonyl (C=O) groups is 2. The molecule has 160 valence electrons. The molecule has 8 heteroatoms. The quantitative estimate of drug-likeness (QED) is 0.674. The van der Waals surface area contributed by atoms with Gasteiger partial charge in [0.2, 0.25) is 15.9 Å². The van der Waals surface area contributed by atoms with Gasteiger partial charge in [0.05, 0.1) is 5.75 Å². The maximum atomic E-state index is 12.5. The first-order valence-corrected chi connectivity index (χ1v) is 11.7. The van der Waals surface area contributed by atoms with E-state index in [0.717, 1.165) is 17.7 Å². The van der Waals surface area contributed by atoms with Crippen molar-refractivity contribution < 1.29 is 18.0 Å². The predicted molar refractivity (Wildman–Crippen MR) is 117 cm³/mol. The van der Waals surface area contributed by atoms with Crippen LogP contribution in [0.25, 0.3) is 0 Å². The van der Waals surface area contributed by atoms with Gasteiger partial charge in [-0.2, -0.15) is 0 Å². The standard InChI is InChI=1S/C22H27N3O4S/c1-16(2)24-30(28,29)15-19-7-4-3-6-18(19)14-23-22(27)17-9-11-20(12-10-17)25-13-5-8-21(25)26/h3-4,6-7,9-12,16,24H,5,8,13-15H2,1-2H3,(H,23,27). The van der Waals surface area contributed by atoms with Gasteiger partial charge in [-0.3, -0.25) is 9.59 Å². The summed E-state index contributed by atoms with van der Waals surface area (Å²) in [7, 11) is -3.46. The predicted octanol–water partition coefficient (Wildman–Crippen LogP) is 2.57. The number of nitrogens with zero attached hydrogens (tertiary/aromatic N) is 1. The molecule has 2 aromatic carbocycles. The Morgan fingerprint density at radius 1 is 1.07 bits per heavy atom. The van der Waals surface area contributed by atoms with E-state index in [9.17, 15) is 18.0 Å². The van der Waals surface area contributed by atoms with Crippen LogP contribution in [0.15, 0.2) is 48.5 Å². The number of benzene rings is 2. The molecule has 2 N–H and O–H groups in total. The Bertz CT molecular complexity index is 1020. The lowest BCUT2D eigenvalue weighted by Crippen LogP contribution is -2.32. The van der Waals surface area contributed by atoms with Crippen LogP contribution in [0.2, 0.25) is 0 Å². The average molecular weight is 430 g/mol. The Morgan fingerprint density at radius 3 is 2.33 bits per heavy atom. The second-order valence-corrected chi connectivity index (χ2v) is 9.43. The van der Waals surface area contributed by atoms with Crippen LogP contribution in [-0.2, 0) is 27.1 Å². The molecule has 3 rings (SSSR count). The van der Waals surface area contributed by atoms with Gasteiger partial charge in [0.25, 0.3) is 5.91 Å². The van der Waals surface area contributed by atoms with Crippen molar-refractivity contribution in [2.45, 2.75) is 45.0 Å². The topological polar surface area (TPSA) is 95.6 Å². The summed E-state index contributed by atoms with van der Waals surface area (Å²) in [5.41, 5.74) is 2.67. The molecule has 1 fully saturated rings. The molecule has 1 aliphatic rings. The van der Waals surface area contributed by atoms with E-state index < -0.39 is 10.0 Å². The lowest BCUT2D eigenvalue weighted by molar-refractivity contribution is -0.117. The summed E-state index contributed by atoms with van der Waals surface area (Å²) in [6, 6.07) is 13.9. The lowest BCUT2D eigenvalue weighted by atomic mass is 10.1. The van der Waals surface area contributed by atoms with Crippen LogP contribution in [0, 0.1) is 0 Å². The molecule has 0 aliphatic carbocycles. The summed E-state index contributed by atoms with van der Waals surface area (Å²) < 4.78 is 27.1. The first-order chi connectivity index (χ1) is 14.2. The molecule has 0 radical (unpaired) electrons. The van der Waals surface area contributed by atoms with E-state index in [1.165, 1.54) is 0 Å². The molecule has 30 heavy (non-hydrogen) atoms. The van der Waals surface area contributed by atoms with Crippen molar-refractivity contribution in [2.75, 3.05) is 11.4 Å². The summed E-state index contributed by atoms with van der Waals surface area (Å²) in [4.78, 5) is 26.1. The third kappa shape index (κ3) is 5.67. The highest BCUT2D eigenvalue weighted by atomic mass is 32.2. The van der Waals surface area contributed by atoms with Gasteiger partial charge in [0, 0.05) is 36.8 Å². The Hall–Kier alpha value is -2.71. The fourth-order valence-electron chi connectivity index (χ4n) is 3.47. The molecule has 2 amide bonds. The van der Waals surface area contributed by atoms with Crippen LogP contribution in [0.3, 0.4) is 0 Å². The third-order valence-electron chi connectivity index (χ3n) is 4.83. The van der Waals surface area contributed by atoms with E-state index >= 15 is 0 Å². The van der Waals surface area contributed by atoms with E-state index in [1.54, 1.807) is 55.1 Å². The Labute approximate surface area is 177 Å².